The highest BCUT2D eigenvalue weighted by molar-refractivity contribution is 7.12. The summed E-state index contributed by atoms with van der Waals surface area (Å²) >= 11 is 7.26. The van der Waals surface area contributed by atoms with Crippen LogP contribution in [0.5, 0.6) is 0 Å². The number of hydrogen-bond donors (Lipinski definition) is 5. The molecule has 4 aromatic heterocycles. The Kier molecular flexibility index (Phi) is 9.31. The number of rotatable bonds is 10. The molecule has 1 saturated heterocycles. The van der Waals surface area contributed by atoms with Crippen molar-refractivity contribution in [3.63, 3.8) is 0 Å². The zero-order valence-corrected chi connectivity index (χ0v) is 25.1. The number of aryl methyl sites for hydroxylation is 2. The number of carbonyl (C=O) groups excluding carboxylic acids is 4. The highest BCUT2D eigenvalue weighted by Crippen LogP contribution is 2.24. The molecule has 226 valence electrons. The van der Waals surface area contributed by atoms with Gasteiger partial charge in [-0.15, -0.1) is 11.3 Å². The molecule has 0 atom stereocenters. The number of halogens is 1. The summed E-state index contributed by atoms with van der Waals surface area (Å²) in [6.07, 6.45) is 4.77. The van der Waals surface area contributed by atoms with E-state index in [-0.39, 0.29) is 11.8 Å². The number of hydrogen-bond acceptors (Lipinski definition) is 7. The predicted molar refractivity (Wildman–Crippen MR) is 164 cm³/mol. The van der Waals surface area contributed by atoms with Crippen molar-refractivity contribution in [1.29, 1.82) is 0 Å². The van der Waals surface area contributed by atoms with Gasteiger partial charge in [0.25, 0.3) is 23.6 Å². The number of nitrogens with zero attached hydrogens (tertiary/aromatic N) is 3. The number of ether oxygens (including phenoxy) is 1. The molecule has 0 saturated carbocycles. The maximum atomic E-state index is 13.0. The smallest absolute Gasteiger partial charge is 0.272 e. The number of H-pyrrole nitrogens is 1. The largest absolute Gasteiger partial charge is 0.379 e. The fourth-order valence-electron chi connectivity index (χ4n) is 4.60. The molecular formula is C28H31ClN8O5S. The normalized spacial score (nSPS) is 13.5. The fourth-order valence-corrected chi connectivity index (χ4v) is 5.63. The molecule has 15 heteroatoms. The molecule has 0 bridgehead atoms. The predicted octanol–water partition coefficient (Wildman–Crippen LogP) is 3.23. The van der Waals surface area contributed by atoms with Gasteiger partial charge < -0.3 is 40.1 Å². The second-order valence-electron chi connectivity index (χ2n) is 9.92. The molecule has 5 rings (SSSR count). The number of anilines is 3. The number of amides is 4. The molecule has 43 heavy (non-hydrogen) atoms. The number of morpholine rings is 1. The molecule has 5 N–H and O–H groups in total. The van der Waals surface area contributed by atoms with Crippen LogP contribution in [0, 0.1) is 0 Å². The Hall–Kier alpha value is -4.37. The van der Waals surface area contributed by atoms with Crippen molar-refractivity contribution in [3.8, 4) is 0 Å². The Bertz CT molecular complexity index is 1650. The summed E-state index contributed by atoms with van der Waals surface area (Å²) < 4.78 is 8.50. The van der Waals surface area contributed by atoms with E-state index in [1.807, 2.05) is 0 Å². The molecule has 4 aromatic rings. The van der Waals surface area contributed by atoms with E-state index in [1.54, 1.807) is 71.5 Å². The SMILES string of the molecule is Cn1cc(NC(=O)c2sccc2Cl)cc1C(=O)Nc1cc(C(=O)Nc2c[nH]c(C(=O)NCCN3CCOCC3)c2)n(C)c1. The van der Waals surface area contributed by atoms with Gasteiger partial charge in [0.1, 0.15) is 22.0 Å². The first-order valence-electron chi connectivity index (χ1n) is 13.4. The third-order valence-corrected chi connectivity index (χ3v) is 8.16. The van der Waals surface area contributed by atoms with Gasteiger partial charge in [-0.2, -0.15) is 0 Å². The van der Waals surface area contributed by atoms with E-state index >= 15 is 0 Å². The quantitative estimate of drug-likeness (QED) is 0.182. The summed E-state index contributed by atoms with van der Waals surface area (Å²) in [5, 5.41) is 13.3. The minimum Gasteiger partial charge on any atom is -0.379 e. The van der Waals surface area contributed by atoms with Gasteiger partial charge in [0, 0.05) is 58.9 Å². The van der Waals surface area contributed by atoms with E-state index in [4.69, 9.17) is 16.3 Å². The Morgan fingerprint density at radius 2 is 1.49 bits per heavy atom. The first-order valence-corrected chi connectivity index (χ1v) is 14.7. The monoisotopic (exact) mass is 626 g/mol. The van der Waals surface area contributed by atoms with Crippen LogP contribution in [0.1, 0.15) is 41.1 Å². The third kappa shape index (κ3) is 7.35. The molecule has 0 spiro atoms. The molecule has 4 amide bonds. The number of thiophene rings is 1. The number of nitrogens with one attached hydrogen (secondary N) is 5. The van der Waals surface area contributed by atoms with Crippen molar-refractivity contribution >= 4 is 63.6 Å². The van der Waals surface area contributed by atoms with Crippen molar-refractivity contribution in [3.05, 3.63) is 75.2 Å². The van der Waals surface area contributed by atoms with E-state index in [0.29, 0.717) is 63.8 Å². The minimum absolute atomic E-state index is 0.267. The Balaban J connectivity index is 1.15. The van der Waals surface area contributed by atoms with Crippen molar-refractivity contribution in [1.82, 2.24) is 24.3 Å². The molecule has 1 aliphatic rings. The lowest BCUT2D eigenvalue weighted by molar-refractivity contribution is 0.0383. The first-order chi connectivity index (χ1) is 20.7. The van der Waals surface area contributed by atoms with Crippen LogP contribution in [0.25, 0.3) is 0 Å². The second kappa shape index (κ2) is 13.3. The van der Waals surface area contributed by atoms with E-state index in [1.165, 1.54) is 11.3 Å². The van der Waals surface area contributed by atoms with Crippen LogP contribution in [0.4, 0.5) is 17.1 Å². The summed E-state index contributed by atoms with van der Waals surface area (Å²) in [5.41, 5.74) is 2.19. The van der Waals surface area contributed by atoms with Gasteiger partial charge in [-0.05, 0) is 29.6 Å². The van der Waals surface area contributed by atoms with Crippen molar-refractivity contribution in [2.24, 2.45) is 14.1 Å². The van der Waals surface area contributed by atoms with Gasteiger partial charge >= 0.3 is 0 Å². The highest BCUT2D eigenvalue weighted by Gasteiger charge is 2.19. The standard InChI is InChI=1S/C28H31ClN8O5S/c1-35-15-18(33-27(40)23-13-19(16-36(23)2)34-28(41)24-20(29)3-10-43-24)12-22(35)26(39)32-17-11-21(31-14-17)25(38)30-4-5-37-6-8-42-9-7-37/h3,10-16,31H,4-9H2,1-2H3,(H,30,38)(H,32,39)(H,33,40)(H,34,41). The molecule has 0 radical (unpaired) electrons. The summed E-state index contributed by atoms with van der Waals surface area (Å²) in [6.45, 7) is 4.32. The van der Waals surface area contributed by atoms with Crippen molar-refractivity contribution < 1.29 is 23.9 Å². The van der Waals surface area contributed by atoms with Gasteiger partial charge in [0.15, 0.2) is 0 Å². The van der Waals surface area contributed by atoms with E-state index < -0.39 is 11.8 Å². The van der Waals surface area contributed by atoms with Crippen LogP contribution >= 0.6 is 22.9 Å². The summed E-state index contributed by atoms with van der Waals surface area (Å²) in [6, 6.07) is 6.30. The van der Waals surface area contributed by atoms with Crippen molar-refractivity contribution in [2.45, 2.75) is 0 Å². The molecule has 5 heterocycles. The molecular weight excluding hydrogens is 596 g/mol. The fraction of sp³-hybridized carbons (Fsp3) is 0.286. The van der Waals surface area contributed by atoms with Crippen LogP contribution in [-0.4, -0.2) is 82.0 Å². The third-order valence-electron chi connectivity index (χ3n) is 6.82. The highest BCUT2D eigenvalue weighted by atomic mass is 35.5. The van der Waals surface area contributed by atoms with E-state index in [0.717, 1.165) is 19.6 Å². The maximum absolute atomic E-state index is 13.0. The molecule has 0 aliphatic carbocycles. The lowest BCUT2D eigenvalue weighted by Gasteiger charge is -2.26. The lowest BCUT2D eigenvalue weighted by Crippen LogP contribution is -2.41. The summed E-state index contributed by atoms with van der Waals surface area (Å²) in [5.74, 6) is -1.48. The lowest BCUT2D eigenvalue weighted by atomic mass is 10.3. The molecule has 1 aliphatic heterocycles. The zero-order valence-electron chi connectivity index (χ0n) is 23.5. The van der Waals surface area contributed by atoms with Gasteiger partial charge in [-0.25, -0.2) is 0 Å². The Morgan fingerprint density at radius 1 is 0.884 bits per heavy atom. The Morgan fingerprint density at radius 3 is 2.09 bits per heavy atom. The van der Waals surface area contributed by atoms with Gasteiger partial charge in [0.05, 0.1) is 35.3 Å². The number of carbonyl (C=O) groups is 4. The zero-order chi connectivity index (χ0) is 30.5. The van der Waals surface area contributed by atoms with Gasteiger partial charge in [0.2, 0.25) is 0 Å². The average Bonchev–Trinajstić information content (AvgIpc) is 3.77. The first kappa shape index (κ1) is 30.1. The van der Waals surface area contributed by atoms with Crippen LogP contribution in [-0.2, 0) is 18.8 Å². The minimum atomic E-state index is -0.426. The van der Waals surface area contributed by atoms with Gasteiger partial charge in [-0.3, -0.25) is 24.1 Å². The Labute approximate surface area is 256 Å². The van der Waals surface area contributed by atoms with Gasteiger partial charge in [-0.1, -0.05) is 11.6 Å². The molecule has 1 fully saturated rings. The average molecular weight is 627 g/mol. The molecule has 0 aromatic carbocycles. The van der Waals surface area contributed by atoms with Crippen LogP contribution in [0.2, 0.25) is 5.02 Å². The van der Waals surface area contributed by atoms with Crippen LogP contribution < -0.4 is 21.3 Å². The summed E-state index contributed by atoms with van der Waals surface area (Å²) in [7, 11) is 3.36. The van der Waals surface area contributed by atoms with Crippen LogP contribution in [0.15, 0.2) is 48.2 Å². The van der Waals surface area contributed by atoms with Crippen molar-refractivity contribution in [2.75, 3.05) is 55.3 Å². The maximum Gasteiger partial charge on any atom is 0.272 e. The molecule has 13 nitrogen and oxygen atoms in total. The number of aromatic nitrogens is 3. The molecule has 0 unspecified atom stereocenters. The number of aromatic amines is 1. The van der Waals surface area contributed by atoms with E-state index in [2.05, 4.69) is 31.2 Å². The van der Waals surface area contributed by atoms with Crippen LogP contribution in [0.3, 0.4) is 0 Å². The second-order valence-corrected chi connectivity index (χ2v) is 11.2. The topological polar surface area (TPSA) is 155 Å². The van der Waals surface area contributed by atoms with E-state index in [9.17, 15) is 19.2 Å². The summed E-state index contributed by atoms with van der Waals surface area (Å²) in [4.78, 5) is 56.5.